The van der Waals surface area contributed by atoms with Gasteiger partial charge in [-0.05, 0) is 108 Å². The average molecular weight is 1630 g/mol. The van der Waals surface area contributed by atoms with Gasteiger partial charge in [0.15, 0.2) is 23.4 Å². The van der Waals surface area contributed by atoms with Crippen LogP contribution in [0.15, 0.2) is 118 Å². The highest BCUT2D eigenvalue weighted by molar-refractivity contribution is 6.22. The summed E-state index contributed by atoms with van der Waals surface area (Å²) in [6, 6.07) is 15.2. The van der Waals surface area contributed by atoms with Gasteiger partial charge >= 0.3 is 23.9 Å². The Balaban J connectivity index is 0.797. The third kappa shape index (κ3) is 19.8. The third-order valence-corrected chi connectivity index (χ3v) is 22.8. The Labute approximate surface area is 683 Å². The Morgan fingerprint density at radius 3 is 2.17 bits per heavy atom. The maximum atomic E-state index is 15.3. The molecule has 7 heterocycles. The number of allylic oxidation sites excluding steroid dienone is 2. The smallest absolute Gasteiger partial charge is 0.411 e. The number of aromatic hydroxyl groups is 2. The zero-order valence-corrected chi connectivity index (χ0v) is 68.7. The molecule has 0 aromatic heterocycles. The van der Waals surface area contributed by atoms with Gasteiger partial charge < -0.3 is 84.6 Å². The van der Waals surface area contributed by atoms with E-state index in [1.54, 1.807) is 99.7 Å². The number of hydrogen-bond acceptors (Lipinski definition) is 24. The molecule has 8 aliphatic rings. The van der Waals surface area contributed by atoms with Crippen LogP contribution in [0.3, 0.4) is 0 Å². The highest BCUT2D eigenvalue weighted by Crippen LogP contribution is 2.52. The van der Waals surface area contributed by atoms with Crippen molar-refractivity contribution in [3.63, 3.8) is 0 Å². The summed E-state index contributed by atoms with van der Waals surface area (Å²) < 4.78 is 51.1. The number of benzene rings is 5. The number of primary amides is 1. The summed E-state index contributed by atoms with van der Waals surface area (Å²) >= 11 is 0. The number of unbranched alkanes of at least 4 members (excludes halogenated alkanes) is 2. The van der Waals surface area contributed by atoms with Crippen LogP contribution in [0, 0.1) is 42.4 Å². The predicted octanol–water partition coefficient (Wildman–Crippen LogP) is 11.3. The lowest BCUT2D eigenvalue weighted by Gasteiger charge is -2.47. The van der Waals surface area contributed by atoms with Gasteiger partial charge in [0.1, 0.15) is 46.9 Å². The molecule has 7 bridgehead atoms. The topological polar surface area (TPSA) is 415 Å². The number of nitrogens with one attached hydrogen (secondary N) is 5. The van der Waals surface area contributed by atoms with E-state index in [0.29, 0.717) is 73.0 Å². The lowest BCUT2D eigenvalue weighted by Crippen LogP contribution is -2.51. The fourth-order valence-electron chi connectivity index (χ4n) is 16.1. The van der Waals surface area contributed by atoms with Crippen LogP contribution in [0.25, 0.3) is 33.3 Å². The molecule has 0 radical (unpaired) electrons. The van der Waals surface area contributed by atoms with Gasteiger partial charge in [-0.2, -0.15) is 0 Å². The van der Waals surface area contributed by atoms with Gasteiger partial charge in [-0.25, -0.2) is 14.6 Å². The van der Waals surface area contributed by atoms with Crippen LogP contribution in [-0.4, -0.2) is 174 Å². The van der Waals surface area contributed by atoms with E-state index < -0.39 is 125 Å². The Hall–Kier alpha value is -11.5. The van der Waals surface area contributed by atoms with Crippen molar-refractivity contribution < 1.29 is 95.7 Å². The molecule has 630 valence electrons. The molecule has 12 rings (SSSR count). The van der Waals surface area contributed by atoms with E-state index in [1.807, 2.05) is 47.9 Å². The maximum Gasteiger partial charge on any atom is 0.411 e. The number of imide groups is 1. The van der Waals surface area contributed by atoms with Crippen LogP contribution in [0.1, 0.15) is 153 Å². The fourth-order valence-corrected chi connectivity index (χ4v) is 16.1. The number of phenols is 2. The van der Waals surface area contributed by atoms with Gasteiger partial charge in [0.05, 0.1) is 41.6 Å². The SMILES string of the molecule is CO[C@H]1/C=C/O[C@@]2(C)Oc3c(C)c(O)c4c(=O)c(c5oc6cc(N7CCC(N(C)C)CC7)cc(O)c6nc-5c4c3C2=O)NC(=O)/C(C)=C\C=C\[C@H](C)[C@@H]2OC(c3ccc(NC(=O)OCc4ccc(NC(=O)[C@H](CCCNC(N)=O)CC(=O)[C@@H](NC(=O)CCCCCN5C(=O)C=CC5=O)C(C)C)cc4)cc3)O[C@@H]([C@@H](C)[C@H](OC(C)=O)[C@@H]1C)[C@@H]2C. The predicted molar refractivity (Wildman–Crippen MR) is 438 cm³/mol. The zero-order valence-electron chi connectivity index (χ0n) is 68.7. The molecule has 12 atom stereocenters. The number of ether oxygens (including phenoxy) is 7. The Bertz CT molecular complexity index is 4950. The van der Waals surface area contributed by atoms with Crippen molar-refractivity contribution in [2.45, 2.75) is 182 Å². The monoisotopic (exact) mass is 1630 g/mol. The lowest BCUT2D eigenvalue weighted by molar-refractivity contribution is -0.293. The summed E-state index contributed by atoms with van der Waals surface area (Å²) in [6.45, 7) is 18.4. The van der Waals surface area contributed by atoms with Crippen molar-refractivity contribution in [3.8, 4) is 28.7 Å². The summed E-state index contributed by atoms with van der Waals surface area (Å²) in [5.74, 6) is -10.7. The number of ketones is 2. The van der Waals surface area contributed by atoms with Crippen LogP contribution in [0.2, 0.25) is 0 Å². The summed E-state index contributed by atoms with van der Waals surface area (Å²) in [5.41, 5.74) is 6.27. The molecule has 31 nitrogen and oxygen atoms in total. The van der Waals surface area contributed by atoms with E-state index >= 15 is 9.59 Å². The number of nitrogens with two attached hydrogens (primary N) is 1. The Morgan fingerprint density at radius 1 is 0.831 bits per heavy atom. The van der Waals surface area contributed by atoms with Crippen molar-refractivity contribution in [2.75, 3.05) is 68.2 Å². The molecular weight excluding hydrogens is 1520 g/mol. The van der Waals surface area contributed by atoms with Gasteiger partial charge in [0, 0.05) is 159 Å². The number of anilines is 4. The van der Waals surface area contributed by atoms with Crippen molar-refractivity contribution in [1.29, 1.82) is 0 Å². The second-order valence-electron chi connectivity index (χ2n) is 31.8. The van der Waals surface area contributed by atoms with Gasteiger partial charge in [0.25, 0.3) is 23.5 Å². The molecule has 2 fully saturated rings. The number of nitrogens with zero attached hydrogens (tertiary/aromatic N) is 4. The number of piperidine rings is 1. The molecule has 118 heavy (non-hydrogen) atoms. The number of esters is 1. The van der Waals surface area contributed by atoms with Crippen molar-refractivity contribution >= 4 is 104 Å². The number of fused-ring (bicyclic) bond motifs is 10. The number of carbonyl (C=O) groups is 10. The van der Waals surface area contributed by atoms with E-state index in [2.05, 4.69) is 36.4 Å². The summed E-state index contributed by atoms with van der Waals surface area (Å²) in [7, 11) is 5.54. The van der Waals surface area contributed by atoms with Gasteiger partial charge in [0.2, 0.25) is 17.2 Å². The van der Waals surface area contributed by atoms with Crippen LogP contribution >= 0.6 is 0 Å². The number of rotatable bonds is 25. The zero-order chi connectivity index (χ0) is 85.3. The number of aromatic nitrogens is 1. The first-order chi connectivity index (χ1) is 56.1. The third-order valence-electron chi connectivity index (χ3n) is 22.8. The standard InChI is InChI=1S/C87H106N10O21/c1-45(2)70(92-64(101)22-15-14-16-37-97-65(102)31-32-66(97)103)60(99)41-55(21-18-36-89-85(88)109)83(108)90-56-27-23-53(24-28-56)44-112-86(110)91-57-29-25-54(26-30-57)84-116-76-46(3)19-17-20-47(4)82(107)94-73-75(105)68-67(72-80(73)115-63-43-59(42-61(100)71(63)93-72)96-38-33-58(34-39-96)95(11)12)69-79(49(6)74(68)104)118-87(10,81(69)106)113-40-35-62(111-13)48(5)77(114-52(9)98)51(8)78(117-84)50(76)7/h17,19-20,23-32,35,40,42-43,45-46,48,50-51,55,58,62,70,76-78,84,100,104H,14-16,18,21-22,33-34,36-39,41,44H2,1-13H3,(H,90,108)(H,91,110)(H,92,101)(H,94,107)(H3,88,89,109)/b19-17+,40-35+,47-20-/t46-,48+,50+,51-,55+,62-,70-,76-,77+,78+,84?,87-/m0/s1. The minimum absolute atomic E-state index is 0.00343. The van der Waals surface area contributed by atoms with Gasteiger partial charge in [-0.1, -0.05) is 90.5 Å². The number of phenolic OH excluding ortho intramolecular Hbond substituents is 2. The first-order valence-electron chi connectivity index (χ1n) is 40.0. The quantitative estimate of drug-likeness (QED) is 0.00867. The lowest BCUT2D eigenvalue weighted by atomic mass is 9.77. The summed E-state index contributed by atoms with van der Waals surface area (Å²) in [4.78, 5) is 158. The minimum Gasteiger partial charge on any atom is -0.507 e. The van der Waals surface area contributed by atoms with E-state index in [1.165, 1.54) is 46.3 Å². The molecule has 0 spiro atoms. The van der Waals surface area contributed by atoms with Crippen LogP contribution in [-0.2, 0) is 68.6 Å². The molecule has 0 saturated carbocycles. The van der Waals surface area contributed by atoms with Crippen molar-refractivity contribution in [3.05, 3.63) is 141 Å². The Kier molecular flexibility index (Phi) is 28.0. The average Bonchev–Trinajstić information content (AvgIpc) is 1.39. The second kappa shape index (κ2) is 37.8. The van der Waals surface area contributed by atoms with E-state index in [-0.39, 0.29) is 130 Å². The number of Topliss-reactive ketones (excluding diaryl/α,β-unsaturated/α-hetero) is 2. The number of amides is 8. The Morgan fingerprint density at radius 2 is 1.51 bits per heavy atom. The van der Waals surface area contributed by atoms with Gasteiger partial charge in [-0.3, -0.25) is 53.4 Å². The minimum atomic E-state index is -2.15. The number of hydrogen-bond donors (Lipinski definition) is 8. The molecule has 8 amide bonds. The first kappa shape index (κ1) is 87.3. The number of methoxy groups -OCH3 is 1. The molecule has 1 aliphatic carbocycles. The molecule has 2 saturated heterocycles. The number of urea groups is 1. The summed E-state index contributed by atoms with van der Waals surface area (Å²) in [6.07, 6.45) is 8.99. The van der Waals surface area contributed by atoms with Crippen LogP contribution in [0.4, 0.5) is 32.3 Å². The maximum absolute atomic E-state index is 15.3. The highest BCUT2D eigenvalue weighted by Gasteiger charge is 2.51. The highest BCUT2D eigenvalue weighted by atomic mass is 16.7. The van der Waals surface area contributed by atoms with E-state index in [4.69, 9.17) is 48.3 Å². The molecular formula is C87H106N10O21. The molecule has 7 aliphatic heterocycles. The second-order valence-corrected chi connectivity index (χ2v) is 31.8. The molecule has 1 unspecified atom stereocenters. The molecule has 31 heteroatoms. The van der Waals surface area contributed by atoms with Crippen molar-refractivity contribution in [2.24, 2.45) is 41.2 Å². The summed E-state index contributed by atoms with van der Waals surface area (Å²) in [5, 5.41) is 37.1. The first-order valence-corrected chi connectivity index (χ1v) is 40.0. The van der Waals surface area contributed by atoms with Crippen LogP contribution in [0.5, 0.6) is 17.2 Å². The van der Waals surface area contributed by atoms with Crippen LogP contribution < -0.4 is 47.4 Å². The molecule has 4 aromatic rings. The fraction of sp³-hybridized carbons (Fsp3) is 0.471. The van der Waals surface area contributed by atoms with E-state index in [9.17, 15) is 53.4 Å². The molecule has 9 N–H and O–H groups in total. The normalized spacial score (nSPS) is 24.0. The van der Waals surface area contributed by atoms with Crippen molar-refractivity contribution in [1.82, 2.24) is 25.4 Å². The molecule has 4 aromatic carbocycles. The largest absolute Gasteiger partial charge is 0.507 e. The van der Waals surface area contributed by atoms with Gasteiger partial charge in [-0.15, -0.1) is 0 Å². The van der Waals surface area contributed by atoms with E-state index in [0.717, 1.165) is 17.7 Å². The number of carbonyl (C=O) groups excluding carboxylic acids is 10.